The number of amides is 2. The number of nitrogens with one attached hydrogen (secondary N) is 1. The van der Waals surface area contributed by atoms with Gasteiger partial charge in [-0.25, -0.2) is 9.29 Å². The first-order chi connectivity index (χ1) is 14.8. The largest absolute Gasteiger partial charge is 0.350 e. The Labute approximate surface area is 188 Å². The van der Waals surface area contributed by atoms with Crippen molar-refractivity contribution in [2.75, 3.05) is 10.2 Å². The Morgan fingerprint density at radius 2 is 1.58 bits per heavy atom. The number of hydrogen-bond donors (Lipinski definition) is 1. The van der Waals surface area contributed by atoms with Gasteiger partial charge in [-0.05, 0) is 55.3 Å². The number of carbonyl (C=O) groups excluding carboxylic acids is 2. The Morgan fingerprint density at radius 3 is 2.26 bits per heavy atom. The summed E-state index contributed by atoms with van der Waals surface area (Å²) in [5.41, 5.74) is 3.45. The second-order valence-electron chi connectivity index (χ2n) is 7.20. The summed E-state index contributed by atoms with van der Waals surface area (Å²) in [6.45, 7) is 3.75. The number of aryl methyl sites for hydroxylation is 1. The lowest BCUT2D eigenvalue weighted by Crippen LogP contribution is -2.32. The molecule has 1 aliphatic heterocycles. The first kappa shape index (κ1) is 21.1. The molecule has 1 aliphatic rings. The van der Waals surface area contributed by atoms with Gasteiger partial charge in [-0.15, -0.1) is 0 Å². The van der Waals surface area contributed by atoms with E-state index in [1.165, 1.54) is 12.1 Å². The van der Waals surface area contributed by atoms with Crippen LogP contribution in [0.15, 0.2) is 66.4 Å². The SMILES string of the molecule is Cc1ccc(C2=C(Nc3cccc(Cl)c3C)C(=O)N(c3ccc(F)c(Cl)c3)C2=O)cc1. The summed E-state index contributed by atoms with van der Waals surface area (Å²) >= 11 is 12.1. The Morgan fingerprint density at radius 1 is 0.871 bits per heavy atom. The number of halogens is 3. The van der Waals surface area contributed by atoms with Crippen molar-refractivity contribution >= 4 is 52.0 Å². The van der Waals surface area contributed by atoms with E-state index in [4.69, 9.17) is 23.2 Å². The Kier molecular flexibility index (Phi) is 5.56. The third kappa shape index (κ3) is 3.82. The molecule has 0 saturated heterocycles. The molecule has 0 saturated carbocycles. The summed E-state index contributed by atoms with van der Waals surface area (Å²) in [6, 6.07) is 16.3. The summed E-state index contributed by atoms with van der Waals surface area (Å²) < 4.78 is 13.7. The molecule has 4 rings (SSSR count). The Hall–Kier alpha value is -3.15. The number of imide groups is 1. The van der Waals surface area contributed by atoms with E-state index in [1.807, 2.05) is 26.0 Å². The van der Waals surface area contributed by atoms with Crippen LogP contribution in [-0.2, 0) is 9.59 Å². The van der Waals surface area contributed by atoms with Crippen LogP contribution in [0.4, 0.5) is 15.8 Å². The molecule has 4 nitrogen and oxygen atoms in total. The summed E-state index contributed by atoms with van der Waals surface area (Å²) in [6.07, 6.45) is 0. The number of benzene rings is 3. The highest BCUT2D eigenvalue weighted by atomic mass is 35.5. The minimum Gasteiger partial charge on any atom is -0.350 e. The fraction of sp³-hybridized carbons (Fsp3) is 0.0833. The zero-order valence-corrected chi connectivity index (χ0v) is 18.2. The molecule has 0 atom stereocenters. The lowest BCUT2D eigenvalue weighted by atomic mass is 10.0. The number of nitrogens with zero attached hydrogens (tertiary/aromatic N) is 1. The Bertz CT molecular complexity index is 1250. The first-order valence-corrected chi connectivity index (χ1v) is 10.2. The summed E-state index contributed by atoms with van der Waals surface area (Å²) in [4.78, 5) is 27.8. The molecule has 0 aromatic heterocycles. The van der Waals surface area contributed by atoms with Crippen molar-refractivity contribution in [2.24, 2.45) is 0 Å². The van der Waals surface area contributed by atoms with E-state index >= 15 is 0 Å². The van der Waals surface area contributed by atoms with Crippen LogP contribution in [0, 0.1) is 19.7 Å². The smallest absolute Gasteiger partial charge is 0.282 e. The number of anilines is 2. The van der Waals surface area contributed by atoms with Gasteiger partial charge in [0.15, 0.2) is 0 Å². The predicted octanol–water partition coefficient (Wildman–Crippen LogP) is 6.15. The average molecular weight is 455 g/mol. The van der Waals surface area contributed by atoms with Gasteiger partial charge in [0, 0.05) is 10.7 Å². The summed E-state index contributed by atoms with van der Waals surface area (Å²) in [5, 5.41) is 3.45. The van der Waals surface area contributed by atoms with Gasteiger partial charge < -0.3 is 5.32 Å². The van der Waals surface area contributed by atoms with Crippen LogP contribution in [-0.4, -0.2) is 11.8 Å². The molecule has 2 amide bonds. The molecular formula is C24H17Cl2FN2O2. The molecule has 3 aromatic carbocycles. The highest BCUT2D eigenvalue weighted by molar-refractivity contribution is 6.46. The second-order valence-corrected chi connectivity index (χ2v) is 8.01. The maximum atomic E-state index is 13.7. The fourth-order valence-electron chi connectivity index (χ4n) is 3.37. The predicted molar refractivity (Wildman–Crippen MR) is 122 cm³/mol. The van der Waals surface area contributed by atoms with Gasteiger partial charge >= 0.3 is 0 Å². The van der Waals surface area contributed by atoms with Crippen LogP contribution in [0.1, 0.15) is 16.7 Å². The molecule has 1 heterocycles. The molecule has 156 valence electrons. The van der Waals surface area contributed by atoms with Crippen molar-refractivity contribution in [1.82, 2.24) is 0 Å². The molecule has 7 heteroatoms. The van der Waals surface area contributed by atoms with Crippen LogP contribution < -0.4 is 10.2 Å². The maximum Gasteiger partial charge on any atom is 0.282 e. The van der Waals surface area contributed by atoms with Crippen molar-refractivity contribution in [3.8, 4) is 0 Å². The number of carbonyl (C=O) groups is 2. The standard InChI is InChI=1S/C24H17Cl2FN2O2/c1-13-6-8-15(9-7-13)21-22(28-20-5-3-4-17(25)14(20)2)24(31)29(23(21)30)16-10-11-19(27)18(26)12-16/h3-12,28H,1-2H3. The van der Waals surface area contributed by atoms with E-state index < -0.39 is 17.6 Å². The van der Waals surface area contributed by atoms with E-state index in [2.05, 4.69) is 5.32 Å². The van der Waals surface area contributed by atoms with Crippen molar-refractivity contribution in [2.45, 2.75) is 13.8 Å². The molecule has 0 aliphatic carbocycles. The van der Waals surface area contributed by atoms with Gasteiger partial charge in [0.25, 0.3) is 11.8 Å². The monoisotopic (exact) mass is 454 g/mol. The minimum absolute atomic E-state index is 0.111. The molecule has 0 fully saturated rings. The zero-order chi connectivity index (χ0) is 22.3. The van der Waals surface area contributed by atoms with Crippen LogP contribution in [0.3, 0.4) is 0 Å². The van der Waals surface area contributed by atoms with E-state index in [1.54, 1.807) is 30.3 Å². The van der Waals surface area contributed by atoms with Gasteiger partial charge in [0.2, 0.25) is 0 Å². The summed E-state index contributed by atoms with van der Waals surface area (Å²) in [7, 11) is 0. The lowest BCUT2D eigenvalue weighted by Gasteiger charge is -2.16. The van der Waals surface area contributed by atoms with Gasteiger partial charge in [-0.3, -0.25) is 9.59 Å². The van der Waals surface area contributed by atoms with Crippen molar-refractivity contribution < 1.29 is 14.0 Å². The second kappa shape index (κ2) is 8.17. The molecule has 0 spiro atoms. The third-order valence-corrected chi connectivity index (χ3v) is 5.81. The van der Waals surface area contributed by atoms with Crippen LogP contribution in [0.25, 0.3) is 5.57 Å². The number of rotatable bonds is 4. The van der Waals surface area contributed by atoms with Crippen molar-refractivity contribution in [3.63, 3.8) is 0 Å². The van der Waals surface area contributed by atoms with Crippen LogP contribution in [0.2, 0.25) is 10.0 Å². The van der Waals surface area contributed by atoms with Crippen molar-refractivity contribution in [1.29, 1.82) is 0 Å². The highest BCUT2D eigenvalue weighted by Gasteiger charge is 2.40. The van der Waals surface area contributed by atoms with Crippen LogP contribution in [0.5, 0.6) is 0 Å². The van der Waals surface area contributed by atoms with E-state index in [-0.39, 0.29) is 22.0 Å². The molecule has 0 radical (unpaired) electrons. The first-order valence-electron chi connectivity index (χ1n) is 9.45. The molecule has 1 N–H and O–H groups in total. The topological polar surface area (TPSA) is 49.4 Å². The lowest BCUT2D eigenvalue weighted by molar-refractivity contribution is -0.120. The molecule has 3 aromatic rings. The van der Waals surface area contributed by atoms with Crippen LogP contribution >= 0.6 is 23.2 Å². The normalized spacial score (nSPS) is 13.9. The van der Waals surface area contributed by atoms with E-state index in [0.29, 0.717) is 16.3 Å². The quantitative estimate of drug-likeness (QED) is 0.481. The summed E-state index contributed by atoms with van der Waals surface area (Å²) in [5.74, 6) is -1.73. The minimum atomic E-state index is -0.635. The van der Waals surface area contributed by atoms with E-state index in [9.17, 15) is 14.0 Å². The Balaban J connectivity index is 1.85. The highest BCUT2D eigenvalue weighted by Crippen LogP contribution is 2.36. The van der Waals surface area contributed by atoms with Gasteiger partial charge in [-0.1, -0.05) is 59.1 Å². The average Bonchev–Trinajstić information content (AvgIpc) is 2.98. The molecule has 31 heavy (non-hydrogen) atoms. The number of hydrogen-bond acceptors (Lipinski definition) is 3. The van der Waals surface area contributed by atoms with E-state index in [0.717, 1.165) is 22.1 Å². The van der Waals surface area contributed by atoms with Crippen molar-refractivity contribution in [3.05, 3.63) is 98.9 Å². The molecule has 0 bridgehead atoms. The zero-order valence-electron chi connectivity index (χ0n) is 16.7. The van der Waals surface area contributed by atoms with Gasteiger partial charge in [0.05, 0.1) is 16.3 Å². The fourth-order valence-corrected chi connectivity index (χ4v) is 3.72. The van der Waals surface area contributed by atoms with Gasteiger partial charge in [-0.2, -0.15) is 0 Å². The van der Waals surface area contributed by atoms with Gasteiger partial charge in [0.1, 0.15) is 11.5 Å². The molecular weight excluding hydrogens is 438 g/mol. The maximum absolute atomic E-state index is 13.7. The third-order valence-electron chi connectivity index (χ3n) is 5.11. The molecule has 0 unspecified atom stereocenters.